The highest BCUT2D eigenvalue weighted by molar-refractivity contribution is 5.96. The quantitative estimate of drug-likeness (QED) is 0.424. The van der Waals surface area contributed by atoms with Crippen molar-refractivity contribution in [2.24, 2.45) is 7.05 Å². The molecule has 1 saturated heterocycles. The van der Waals surface area contributed by atoms with E-state index < -0.39 is 0 Å². The Kier molecular flexibility index (Phi) is 5.46. The van der Waals surface area contributed by atoms with E-state index in [9.17, 15) is 0 Å². The predicted molar refractivity (Wildman–Crippen MR) is 130 cm³/mol. The molecule has 1 aliphatic rings. The van der Waals surface area contributed by atoms with Gasteiger partial charge in [0.15, 0.2) is 11.5 Å². The number of nitrogens with two attached hydrogens (primary N) is 1. The SMILES string of the molecule is COc1cc2nc(C)nc(N[C@@H](C)c3cn(C)c4cccc(N)c34)c2cc1O[C@H]1CCOC1. The standard InChI is InChI=1S/C25H29N5O3/c1-14(18-12-30(3)21-7-5-6-19(26)24(18)21)27-25-17-10-23(33-16-8-9-32-13-16)22(31-4)11-20(17)28-15(2)29-25/h5-7,10-12,14,16H,8-9,13,26H2,1-4H3,(H,27,28,29)/t14-,16-/m0/s1. The van der Waals surface area contributed by atoms with Crippen LogP contribution in [0, 0.1) is 6.92 Å². The molecule has 4 aromatic rings. The second kappa shape index (κ2) is 8.44. The number of rotatable bonds is 6. The largest absolute Gasteiger partial charge is 0.493 e. The van der Waals surface area contributed by atoms with Crippen molar-refractivity contribution in [2.75, 3.05) is 31.4 Å². The smallest absolute Gasteiger partial charge is 0.162 e. The van der Waals surface area contributed by atoms with Crippen molar-refractivity contribution >= 4 is 33.3 Å². The van der Waals surface area contributed by atoms with Crippen LogP contribution in [0.1, 0.15) is 30.8 Å². The molecule has 8 nitrogen and oxygen atoms in total. The van der Waals surface area contributed by atoms with Gasteiger partial charge in [0.2, 0.25) is 0 Å². The summed E-state index contributed by atoms with van der Waals surface area (Å²) in [6, 6.07) is 9.82. The third kappa shape index (κ3) is 3.91. The fourth-order valence-corrected chi connectivity index (χ4v) is 4.52. The van der Waals surface area contributed by atoms with Gasteiger partial charge in [-0.05, 0) is 32.0 Å². The molecule has 5 rings (SSSR count). The summed E-state index contributed by atoms with van der Waals surface area (Å²) in [4.78, 5) is 9.35. The molecule has 0 amide bonds. The average Bonchev–Trinajstić information content (AvgIpc) is 3.42. The van der Waals surface area contributed by atoms with E-state index in [2.05, 4.69) is 34.1 Å². The number of ether oxygens (including phenoxy) is 3. The first kappa shape index (κ1) is 21.3. The van der Waals surface area contributed by atoms with Gasteiger partial charge >= 0.3 is 0 Å². The summed E-state index contributed by atoms with van der Waals surface area (Å²) in [5.74, 6) is 2.73. The van der Waals surface area contributed by atoms with E-state index >= 15 is 0 Å². The minimum Gasteiger partial charge on any atom is -0.493 e. The Morgan fingerprint density at radius 1 is 1.24 bits per heavy atom. The van der Waals surface area contributed by atoms with Gasteiger partial charge in [-0.25, -0.2) is 9.97 Å². The normalized spacial score (nSPS) is 16.9. The topological polar surface area (TPSA) is 96.5 Å². The molecule has 3 N–H and O–H groups in total. The van der Waals surface area contributed by atoms with Gasteiger partial charge < -0.3 is 29.8 Å². The van der Waals surface area contributed by atoms with Gasteiger partial charge in [0.25, 0.3) is 0 Å². The summed E-state index contributed by atoms with van der Waals surface area (Å²) in [5, 5.41) is 5.52. The van der Waals surface area contributed by atoms with E-state index in [1.54, 1.807) is 7.11 Å². The second-order valence-electron chi connectivity index (χ2n) is 8.55. The monoisotopic (exact) mass is 447 g/mol. The molecule has 2 atom stereocenters. The molecule has 172 valence electrons. The Balaban J connectivity index is 1.56. The minimum atomic E-state index is -0.0365. The Morgan fingerprint density at radius 3 is 2.85 bits per heavy atom. The molecule has 0 saturated carbocycles. The number of nitrogens with zero attached hydrogens (tertiary/aromatic N) is 3. The van der Waals surface area contributed by atoms with Crippen molar-refractivity contribution in [1.82, 2.24) is 14.5 Å². The number of methoxy groups -OCH3 is 1. The predicted octanol–water partition coefficient (Wildman–Crippen LogP) is 4.36. The van der Waals surface area contributed by atoms with Gasteiger partial charge in [-0.3, -0.25) is 0 Å². The molecule has 0 unspecified atom stereocenters. The summed E-state index contributed by atoms with van der Waals surface area (Å²) in [6.07, 6.45) is 2.99. The molecule has 0 aliphatic carbocycles. The molecule has 0 spiro atoms. The van der Waals surface area contributed by atoms with Crippen LogP contribution in [0.5, 0.6) is 11.5 Å². The van der Waals surface area contributed by atoms with Gasteiger partial charge in [-0.15, -0.1) is 0 Å². The molecule has 2 aromatic carbocycles. The zero-order valence-electron chi connectivity index (χ0n) is 19.4. The molecule has 2 aromatic heterocycles. The first-order chi connectivity index (χ1) is 15.9. The first-order valence-electron chi connectivity index (χ1n) is 11.2. The molecule has 33 heavy (non-hydrogen) atoms. The van der Waals surface area contributed by atoms with E-state index in [0.717, 1.165) is 45.3 Å². The Morgan fingerprint density at radius 2 is 2.09 bits per heavy atom. The van der Waals surface area contributed by atoms with Crippen molar-refractivity contribution in [3.8, 4) is 11.5 Å². The van der Waals surface area contributed by atoms with E-state index in [0.29, 0.717) is 30.5 Å². The Bertz CT molecular complexity index is 1330. The van der Waals surface area contributed by atoms with E-state index in [1.165, 1.54) is 0 Å². The van der Waals surface area contributed by atoms with Gasteiger partial charge in [-0.1, -0.05) is 6.07 Å². The molecule has 8 heteroatoms. The molecule has 0 radical (unpaired) electrons. The van der Waals surface area contributed by atoms with E-state index in [-0.39, 0.29) is 12.1 Å². The van der Waals surface area contributed by atoms with E-state index in [4.69, 9.17) is 24.9 Å². The van der Waals surface area contributed by atoms with Crippen molar-refractivity contribution in [2.45, 2.75) is 32.4 Å². The highest BCUT2D eigenvalue weighted by atomic mass is 16.6. The maximum atomic E-state index is 6.34. The molecule has 0 bridgehead atoms. The summed E-state index contributed by atoms with van der Waals surface area (Å²) in [6.45, 7) is 5.29. The van der Waals surface area contributed by atoms with Crippen LogP contribution in [0.4, 0.5) is 11.5 Å². The van der Waals surface area contributed by atoms with Gasteiger partial charge in [-0.2, -0.15) is 0 Å². The number of aromatic nitrogens is 3. The van der Waals surface area contributed by atoms with Crippen LogP contribution in [-0.4, -0.2) is 41.0 Å². The zero-order valence-corrected chi connectivity index (χ0v) is 19.4. The molecule has 3 heterocycles. The summed E-state index contributed by atoms with van der Waals surface area (Å²) in [5.41, 5.74) is 10.1. The number of nitrogen functional groups attached to an aromatic ring is 1. The average molecular weight is 448 g/mol. The Labute approximate surface area is 192 Å². The van der Waals surface area contributed by atoms with Gasteiger partial charge in [0, 0.05) is 47.8 Å². The molecule has 1 aliphatic heterocycles. The minimum absolute atomic E-state index is 0.0108. The third-order valence-corrected chi connectivity index (χ3v) is 6.17. The van der Waals surface area contributed by atoms with Crippen LogP contribution in [-0.2, 0) is 11.8 Å². The number of hydrogen-bond donors (Lipinski definition) is 2. The fraction of sp³-hybridized carbons (Fsp3) is 0.360. The lowest BCUT2D eigenvalue weighted by atomic mass is 10.1. The van der Waals surface area contributed by atoms with Crippen LogP contribution in [0.2, 0.25) is 0 Å². The number of nitrogens with one attached hydrogen (secondary N) is 1. The molecular formula is C25H29N5O3. The lowest BCUT2D eigenvalue weighted by molar-refractivity contribution is 0.139. The second-order valence-corrected chi connectivity index (χ2v) is 8.55. The number of hydrogen-bond acceptors (Lipinski definition) is 7. The third-order valence-electron chi connectivity index (χ3n) is 6.17. The van der Waals surface area contributed by atoms with Crippen LogP contribution in [0.3, 0.4) is 0 Å². The molecular weight excluding hydrogens is 418 g/mol. The highest BCUT2D eigenvalue weighted by Gasteiger charge is 2.22. The number of fused-ring (bicyclic) bond motifs is 2. The van der Waals surface area contributed by atoms with Crippen molar-refractivity contribution in [1.29, 1.82) is 0 Å². The number of anilines is 2. The summed E-state index contributed by atoms with van der Waals surface area (Å²) < 4.78 is 19.4. The summed E-state index contributed by atoms with van der Waals surface area (Å²) >= 11 is 0. The summed E-state index contributed by atoms with van der Waals surface area (Å²) in [7, 11) is 3.67. The molecule has 1 fully saturated rings. The van der Waals surface area contributed by atoms with Gasteiger partial charge in [0.1, 0.15) is 17.7 Å². The van der Waals surface area contributed by atoms with Crippen molar-refractivity contribution in [3.63, 3.8) is 0 Å². The van der Waals surface area contributed by atoms with Crippen LogP contribution in [0.15, 0.2) is 36.5 Å². The van der Waals surface area contributed by atoms with Gasteiger partial charge in [0.05, 0.1) is 37.4 Å². The van der Waals surface area contributed by atoms with Crippen LogP contribution >= 0.6 is 0 Å². The van der Waals surface area contributed by atoms with Crippen molar-refractivity contribution < 1.29 is 14.2 Å². The van der Waals surface area contributed by atoms with Crippen LogP contribution < -0.4 is 20.5 Å². The van der Waals surface area contributed by atoms with Crippen molar-refractivity contribution in [3.05, 3.63) is 47.9 Å². The fourth-order valence-electron chi connectivity index (χ4n) is 4.52. The number of aryl methyl sites for hydroxylation is 2. The van der Waals surface area contributed by atoms with E-state index in [1.807, 2.05) is 38.2 Å². The highest BCUT2D eigenvalue weighted by Crippen LogP contribution is 2.37. The zero-order chi connectivity index (χ0) is 23.1. The lowest BCUT2D eigenvalue weighted by Gasteiger charge is -2.19. The Hall–Kier alpha value is -3.52. The van der Waals surface area contributed by atoms with Crippen LogP contribution in [0.25, 0.3) is 21.8 Å². The first-order valence-corrected chi connectivity index (χ1v) is 11.2. The number of benzene rings is 2. The maximum absolute atomic E-state index is 6.34. The lowest BCUT2D eigenvalue weighted by Crippen LogP contribution is -2.16. The maximum Gasteiger partial charge on any atom is 0.162 e.